The predicted molar refractivity (Wildman–Crippen MR) is 147 cm³/mol. The van der Waals surface area contributed by atoms with Gasteiger partial charge in [-0.05, 0) is 92.2 Å². The van der Waals surface area contributed by atoms with Gasteiger partial charge in [-0.1, -0.05) is 36.4 Å². The molecule has 1 aliphatic carbocycles. The average Bonchev–Trinajstić information content (AvgIpc) is 2.96. The maximum atomic E-state index is 13.9. The molecule has 39 heavy (non-hydrogen) atoms. The number of nitrogens with one attached hydrogen (secondary N) is 1. The summed E-state index contributed by atoms with van der Waals surface area (Å²) in [5.41, 5.74) is 3.04. The Bertz CT molecular complexity index is 1210. The highest BCUT2D eigenvalue weighted by Gasteiger charge is 2.38. The fraction of sp³-hybridized carbons (Fsp3) is 0.375. The Hall–Kier alpha value is -3.60. The minimum Gasteiger partial charge on any atom is -0.380 e. The van der Waals surface area contributed by atoms with Gasteiger partial charge in [0.1, 0.15) is 11.6 Å². The van der Waals surface area contributed by atoms with Gasteiger partial charge in [-0.15, -0.1) is 0 Å². The van der Waals surface area contributed by atoms with Crippen LogP contribution in [0.1, 0.15) is 60.4 Å². The van der Waals surface area contributed by atoms with E-state index in [9.17, 15) is 18.8 Å². The van der Waals surface area contributed by atoms with Crippen molar-refractivity contribution in [1.29, 1.82) is 5.26 Å². The van der Waals surface area contributed by atoms with Crippen LogP contribution in [0, 0.1) is 28.9 Å². The van der Waals surface area contributed by atoms with Crippen molar-refractivity contribution in [3.05, 3.63) is 107 Å². The van der Waals surface area contributed by atoms with Gasteiger partial charge in [0.2, 0.25) is 5.91 Å². The highest BCUT2D eigenvalue weighted by molar-refractivity contribution is 5.81. The number of amides is 1. The first-order valence-electron chi connectivity index (χ1n) is 13.5. The van der Waals surface area contributed by atoms with E-state index < -0.39 is 6.04 Å². The molecule has 0 heterocycles. The number of hydrogen-bond donors (Lipinski definition) is 1. The van der Waals surface area contributed by atoms with E-state index in [0.717, 1.165) is 36.1 Å². The van der Waals surface area contributed by atoms with E-state index in [1.165, 1.54) is 24.3 Å². The van der Waals surface area contributed by atoms with Gasteiger partial charge in [0.25, 0.3) is 0 Å². The number of ether oxygens (including phenoxy) is 1. The summed E-state index contributed by atoms with van der Waals surface area (Å²) in [6, 6.07) is 21.4. The molecular formula is C32H35F2N3O2. The molecule has 1 saturated carbocycles. The van der Waals surface area contributed by atoms with Crippen molar-refractivity contribution in [2.75, 3.05) is 26.8 Å². The van der Waals surface area contributed by atoms with Crippen LogP contribution in [0.5, 0.6) is 0 Å². The standard InChI is InChI=1S/C32H35F2N3O2/c1-3-39-19-18-37(2)28-16-17-29(30(20-28)23-6-4-22(21-35)5-7-23)32(38)36-31(24-8-12-26(33)13-9-24)25-10-14-27(34)15-11-25/h4-15,28-31H,3,16-20H2,1-2H3,(H,36,38)/t28-,29-,30+/m1/s1. The molecule has 3 atom stereocenters. The first kappa shape index (κ1) is 28.4. The van der Waals surface area contributed by atoms with Crippen LogP contribution in [0.25, 0.3) is 0 Å². The fourth-order valence-electron chi connectivity index (χ4n) is 5.49. The van der Waals surface area contributed by atoms with E-state index in [2.05, 4.69) is 23.3 Å². The van der Waals surface area contributed by atoms with E-state index >= 15 is 0 Å². The molecule has 3 aromatic carbocycles. The van der Waals surface area contributed by atoms with Gasteiger partial charge >= 0.3 is 0 Å². The third-order valence-electron chi connectivity index (χ3n) is 7.74. The molecular weight excluding hydrogens is 496 g/mol. The zero-order chi connectivity index (χ0) is 27.8. The van der Waals surface area contributed by atoms with Gasteiger partial charge < -0.3 is 15.0 Å². The second-order valence-electron chi connectivity index (χ2n) is 10.1. The molecule has 0 unspecified atom stereocenters. The number of benzene rings is 3. The average molecular weight is 532 g/mol. The minimum absolute atomic E-state index is 0.0480. The Labute approximate surface area is 229 Å². The molecule has 0 spiro atoms. The first-order valence-corrected chi connectivity index (χ1v) is 13.5. The van der Waals surface area contributed by atoms with E-state index in [0.29, 0.717) is 31.2 Å². The molecule has 3 aromatic rings. The molecule has 1 N–H and O–H groups in total. The third kappa shape index (κ3) is 7.29. The summed E-state index contributed by atoms with van der Waals surface area (Å²) in [6.45, 7) is 4.13. The lowest BCUT2D eigenvalue weighted by Crippen LogP contribution is -2.44. The van der Waals surface area contributed by atoms with Crippen LogP contribution in [0.4, 0.5) is 8.78 Å². The number of likely N-dealkylation sites (N-methyl/N-ethyl adjacent to an activating group) is 1. The van der Waals surface area contributed by atoms with Crippen LogP contribution in [0.3, 0.4) is 0 Å². The molecule has 0 bridgehead atoms. The van der Waals surface area contributed by atoms with Crippen molar-refractivity contribution in [3.8, 4) is 6.07 Å². The number of nitrogens with zero attached hydrogens (tertiary/aromatic N) is 2. The van der Waals surface area contributed by atoms with Gasteiger partial charge in [0, 0.05) is 25.1 Å². The molecule has 4 rings (SSSR count). The molecule has 1 aliphatic rings. The highest BCUT2D eigenvalue weighted by atomic mass is 19.1. The molecule has 5 nitrogen and oxygen atoms in total. The van der Waals surface area contributed by atoms with E-state index in [1.807, 2.05) is 19.1 Å². The second-order valence-corrected chi connectivity index (χ2v) is 10.1. The Morgan fingerprint density at radius 3 is 2.13 bits per heavy atom. The van der Waals surface area contributed by atoms with Crippen LogP contribution in [0.15, 0.2) is 72.8 Å². The Kier molecular flexibility index (Phi) is 9.80. The number of hydrogen-bond acceptors (Lipinski definition) is 4. The molecule has 1 amide bonds. The summed E-state index contributed by atoms with van der Waals surface area (Å²) in [4.78, 5) is 16.2. The topological polar surface area (TPSA) is 65.4 Å². The van der Waals surface area contributed by atoms with Crippen LogP contribution < -0.4 is 5.32 Å². The molecule has 204 valence electrons. The van der Waals surface area contributed by atoms with E-state index in [4.69, 9.17) is 4.74 Å². The zero-order valence-electron chi connectivity index (χ0n) is 22.4. The van der Waals surface area contributed by atoms with Gasteiger partial charge in [0.15, 0.2) is 0 Å². The van der Waals surface area contributed by atoms with Crippen LogP contribution in [0.2, 0.25) is 0 Å². The summed E-state index contributed by atoms with van der Waals surface area (Å²) in [5, 5.41) is 12.5. The van der Waals surface area contributed by atoms with Gasteiger partial charge in [-0.2, -0.15) is 5.26 Å². The number of halogens is 2. The predicted octanol–water partition coefficient (Wildman–Crippen LogP) is 5.96. The van der Waals surface area contributed by atoms with Crippen molar-refractivity contribution in [2.45, 2.75) is 44.2 Å². The van der Waals surface area contributed by atoms with Crippen molar-refractivity contribution in [1.82, 2.24) is 10.2 Å². The lowest BCUT2D eigenvalue weighted by molar-refractivity contribution is -0.127. The second kappa shape index (κ2) is 13.5. The summed E-state index contributed by atoms with van der Waals surface area (Å²) in [7, 11) is 2.10. The van der Waals surface area contributed by atoms with Crippen molar-refractivity contribution in [2.24, 2.45) is 5.92 Å². The summed E-state index contributed by atoms with van der Waals surface area (Å²) in [6.07, 6.45) is 2.36. The quantitative estimate of drug-likeness (QED) is 0.328. The number of carbonyl (C=O) groups excluding carboxylic acids is 1. The molecule has 7 heteroatoms. The minimum atomic E-state index is -0.549. The smallest absolute Gasteiger partial charge is 0.224 e. The lowest BCUT2D eigenvalue weighted by Gasteiger charge is -2.40. The normalized spacial score (nSPS) is 19.2. The monoisotopic (exact) mass is 531 g/mol. The van der Waals surface area contributed by atoms with Gasteiger partial charge in [-0.25, -0.2) is 8.78 Å². The Balaban J connectivity index is 1.60. The zero-order valence-corrected chi connectivity index (χ0v) is 22.4. The number of carbonyl (C=O) groups is 1. The maximum Gasteiger partial charge on any atom is 0.224 e. The fourth-order valence-corrected chi connectivity index (χ4v) is 5.49. The molecule has 1 fully saturated rings. The van der Waals surface area contributed by atoms with Crippen LogP contribution in [-0.2, 0) is 9.53 Å². The number of rotatable bonds is 10. The molecule has 0 aromatic heterocycles. The lowest BCUT2D eigenvalue weighted by atomic mass is 9.72. The van der Waals surface area contributed by atoms with E-state index in [-0.39, 0.29) is 29.4 Å². The van der Waals surface area contributed by atoms with E-state index in [1.54, 1.807) is 36.4 Å². The summed E-state index contributed by atoms with van der Waals surface area (Å²) < 4.78 is 32.9. The van der Waals surface area contributed by atoms with Crippen LogP contribution in [-0.4, -0.2) is 43.7 Å². The SMILES string of the molecule is CCOCCN(C)[C@@H]1CC[C@@H](C(=O)NC(c2ccc(F)cc2)c2ccc(F)cc2)[C@H](c2ccc(C#N)cc2)C1. The number of nitriles is 1. The van der Waals surface area contributed by atoms with Gasteiger partial charge in [0.05, 0.1) is 24.3 Å². The summed E-state index contributed by atoms with van der Waals surface area (Å²) >= 11 is 0. The summed E-state index contributed by atoms with van der Waals surface area (Å²) in [5.74, 6) is -1.17. The Morgan fingerprint density at radius 1 is 1.00 bits per heavy atom. The molecule has 0 radical (unpaired) electrons. The van der Waals surface area contributed by atoms with Crippen molar-refractivity contribution >= 4 is 5.91 Å². The highest BCUT2D eigenvalue weighted by Crippen LogP contribution is 2.40. The van der Waals surface area contributed by atoms with Gasteiger partial charge in [-0.3, -0.25) is 4.79 Å². The van der Waals surface area contributed by atoms with Crippen LogP contribution >= 0.6 is 0 Å². The molecule has 0 saturated heterocycles. The molecule has 0 aliphatic heterocycles. The van der Waals surface area contributed by atoms with Crippen molar-refractivity contribution in [3.63, 3.8) is 0 Å². The van der Waals surface area contributed by atoms with Crippen molar-refractivity contribution < 1.29 is 18.3 Å². The first-order chi connectivity index (χ1) is 18.9. The maximum absolute atomic E-state index is 13.9. The largest absolute Gasteiger partial charge is 0.380 e. The third-order valence-corrected chi connectivity index (χ3v) is 7.74. The Morgan fingerprint density at radius 2 is 1.59 bits per heavy atom.